The highest BCUT2D eigenvalue weighted by Gasteiger charge is 2.34. The van der Waals surface area contributed by atoms with Crippen LogP contribution in [0.1, 0.15) is 39.5 Å². The molecule has 0 bridgehead atoms. The van der Waals surface area contributed by atoms with Crippen LogP contribution < -0.4 is 0 Å². The summed E-state index contributed by atoms with van der Waals surface area (Å²) in [6.07, 6.45) is 8.52. The lowest BCUT2D eigenvalue weighted by Crippen LogP contribution is -2.28. The van der Waals surface area contributed by atoms with Gasteiger partial charge in [-0.2, -0.15) is 0 Å². The molecule has 13 heavy (non-hydrogen) atoms. The number of hydrogen-bond donors (Lipinski definition) is 0. The molecule has 2 heteroatoms. The number of terminal acetylenes is 1. The molecule has 0 spiro atoms. The quantitative estimate of drug-likeness (QED) is 0.489. The van der Waals surface area contributed by atoms with Crippen molar-refractivity contribution in [2.75, 3.05) is 0 Å². The fourth-order valence-corrected chi connectivity index (χ4v) is 1.10. The summed E-state index contributed by atoms with van der Waals surface area (Å²) in [6, 6.07) is 0. The number of esters is 1. The molecule has 2 nitrogen and oxygen atoms in total. The van der Waals surface area contributed by atoms with Crippen molar-refractivity contribution in [3.05, 3.63) is 0 Å². The Kier molecular flexibility index (Phi) is 2.98. The van der Waals surface area contributed by atoms with E-state index in [4.69, 9.17) is 11.2 Å². The minimum absolute atomic E-state index is 0.0537. The molecule has 0 atom stereocenters. The average Bonchev–Trinajstić information content (AvgIpc) is 2.82. The van der Waals surface area contributed by atoms with Crippen LogP contribution in [0.2, 0.25) is 0 Å². The van der Waals surface area contributed by atoms with Crippen molar-refractivity contribution in [3.63, 3.8) is 0 Å². The van der Waals surface area contributed by atoms with E-state index < -0.39 is 5.60 Å². The van der Waals surface area contributed by atoms with Crippen LogP contribution in [0.15, 0.2) is 0 Å². The van der Waals surface area contributed by atoms with Gasteiger partial charge in [0.25, 0.3) is 0 Å². The van der Waals surface area contributed by atoms with Crippen LogP contribution in [-0.2, 0) is 9.53 Å². The molecule has 0 saturated heterocycles. The Balaban J connectivity index is 2.31. The maximum atomic E-state index is 11.3. The van der Waals surface area contributed by atoms with Gasteiger partial charge in [-0.05, 0) is 33.1 Å². The molecule has 0 amide bonds. The van der Waals surface area contributed by atoms with Gasteiger partial charge in [-0.25, -0.2) is 0 Å². The maximum Gasteiger partial charge on any atom is 0.309 e. The van der Waals surface area contributed by atoms with E-state index in [2.05, 4.69) is 5.92 Å². The molecule has 0 radical (unpaired) electrons. The first-order valence-electron chi connectivity index (χ1n) is 4.71. The van der Waals surface area contributed by atoms with Crippen molar-refractivity contribution < 1.29 is 9.53 Å². The number of ether oxygens (including phenoxy) is 1. The Bertz CT molecular complexity index is 231. The van der Waals surface area contributed by atoms with Gasteiger partial charge in [0.2, 0.25) is 0 Å². The minimum atomic E-state index is -0.397. The van der Waals surface area contributed by atoms with Crippen molar-refractivity contribution in [1.29, 1.82) is 0 Å². The van der Waals surface area contributed by atoms with Gasteiger partial charge in [-0.3, -0.25) is 4.79 Å². The van der Waals surface area contributed by atoms with Crippen LogP contribution in [0.25, 0.3) is 0 Å². The number of carbonyl (C=O) groups is 1. The molecule has 1 saturated carbocycles. The molecule has 0 heterocycles. The van der Waals surface area contributed by atoms with Crippen molar-refractivity contribution in [1.82, 2.24) is 0 Å². The van der Waals surface area contributed by atoms with Gasteiger partial charge in [-0.1, -0.05) is 0 Å². The van der Waals surface area contributed by atoms with Crippen LogP contribution >= 0.6 is 0 Å². The van der Waals surface area contributed by atoms with E-state index in [9.17, 15) is 4.79 Å². The zero-order valence-corrected chi connectivity index (χ0v) is 8.30. The second kappa shape index (κ2) is 3.83. The smallest absolute Gasteiger partial charge is 0.309 e. The molecular formula is C11H16O2. The first-order valence-corrected chi connectivity index (χ1v) is 4.71. The predicted molar refractivity (Wildman–Crippen MR) is 51.0 cm³/mol. The fourth-order valence-electron chi connectivity index (χ4n) is 1.10. The number of hydrogen-bond acceptors (Lipinski definition) is 2. The van der Waals surface area contributed by atoms with E-state index in [1.165, 1.54) is 0 Å². The molecule has 0 N–H and O–H groups in total. The zero-order chi connectivity index (χ0) is 9.90. The Morgan fingerprint density at radius 2 is 2.23 bits per heavy atom. The predicted octanol–water partition coefficient (Wildman–Crippen LogP) is 2.13. The highest BCUT2D eigenvalue weighted by molar-refractivity contribution is 5.75. The summed E-state index contributed by atoms with van der Waals surface area (Å²) in [5.41, 5.74) is -0.397. The molecule has 1 fully saturated rings. The average molecular weight is 180 g/mol. The van der Waals surface area contributed by atoms with Gasteiger partial charge in [-0.15, -0.1) is 12.3 Å². The van der Waals surface area contributed by atoms with Gasteiger partial charge < -0.3 is 4.74 Å². The lowest BCUT2D eigenvalue weighted by Gasteiger charge is -2.24. The van der Waals surface area contributed by atoms with Crippen LogP contribution in [0.3, 0.4) is 0 Å². The topological polar surface area (TPSA) is 26.3 Å². The Morgan fingerprint density at radius 3 is 2.69 bits per heavy atom. The van der Waals surface area contributed by atoms with Crippen LogP contribution in [0, 0.1) is 18.3 Å². The van der Waals surface area contributed by atoms with E-state index >= 15 is 0 Å². The Labute approximate surface area is 79.7 Å². The highest BCUT2D eigenvalue weighted by Crippen LogP contribution is 2.32. The van der Waals surface area contributed by atoms with Crippen LogP contribution in [-0.4, -0.2) is 11.6 Å². The van der Waals surface area contributed by atoms with Crippen molar-refractivity contribution in [2.45, 2.75) is 45.1 Å². The normalized spacial score (nSPS) is 16.4. The lowest BCUT2D eigenvalue weighted by atomic mass is 10.0. The molecule has 0 aromatic heterocycles. The standard InChI is InChI=1S/C11H16O2/c1-4-5-8-11(2,3)13-10(12)9-6-7-9/h1,9H,5-8H2,2-3H3. The first kappa shape index (κ1) is 10.1. The third-order valence-corrected chi connectivity index (χ3v) is 2.16. The van der Waals surface area contributed by atoms with Gasteiger partial charge in [0.1, 0.15) is 5.60 Å². The molecule has 1 rings (SSSR count). The number of carbonyl (C=O) groups excluding carboxylic acids is 1. The molecule has 72 valence electrons. The van der Waals surface area contributed by atoms with Gasteiger partial charge in [0.15, 0.2) is 0 Å². The fraction of sp³-hybridized carbons (Fsp3) is 0.727. The van der Waals surface area contributed by atoms with Gasteiger partial charge in [0.05, 0.1) is 5.92 Å². The second-order valence-electron chi connectivity index (χ2n) is 4.16. The monoisotopic (exact) mass is 180 g/mol. The van der Waals surface area contributed by atoms with Crippen molar-refractivity contribution in [2.24, 2.45) is 5.92 Å². The van der Waals surface area contributed by atoms with Crippen molar-refractivity contribution in [3.8, 4) is 12.3 Å². The summed E-state index contributed by atoms with van der Waals surface area (Å²) < 4.78 is 5.33. The Morgan fingerprint density at radius 1 is 1.62 bits per heavy atom. The zero-order valence-electron chi connectivity index (χ0n) is 8.30. The summed E-state index contributed by atoms with van der Waals surface area (Å²) in [6.45, 7) is 3.81. The van der Waals surface area contributed by atoms with E-state index in [-0.39, 0.29) is 11.9 Å². The molecule has 1 aliphatic carbocycles. The third-order valence-electron chi connectivity index (χ3n) is 2.16. The van der Waals surface area contributed by atoms with E-state index in [1.54, 1.807) is 0 Å². The highest BCUT2D eigenvalue weighted by atomic mass is 16.6. The molecule has 0 aromatic rings. The summed E-state index contributed by atoms with van der Waals surface area (Å²) in [5, 5.41) is 0. The molecule has 0 aliphatic heterocycles. The molecular weight excluding hydrogens is 164 g/mol. The largest absolute Gasteiger partial charge is 0.459 e. The Hall–Kier alpha value is -0.970. The SMILES string of the molecule is C#CCCC(C)(C)OC(=O)C1CC1. The van der Waals surface area contributed by atoms with Gasteiger partial charge >= 0.3 is 5.97 Å². The van der Waals surface area contributed by atoms with E-state index in [0.29, 0.717) is 6.42 Å². The van der Waals surface area contributed by atoms with Crippen molar-refractivity contribution >= 4 is 5.97 Å². The van der Waals surface area contributed by atoms with E-state index in [1.807, 2.05) is 13.8 Å². The van der Waals surface area contributed by atoms with E-state index in [0.717, 1.165) is 19.3 Å². The van der Waals surface area contributed by atoms with Gasteiger partial charge in [0, 0.05) is 6.42 Å². The van der Waals surface area contributed by atoms with Crippen LogP contribution in [0.5, 0.6) is 0 Å². The second-order valence-corrected chi connectivity index (χ2v) is 4.16. The minimum Gasteiger partial charge on any atom is -0.459 e. The number of rotatable bonds is 4. The lowest BCUT2D eigenvalue weighted by molar-refractivity contribution is -0.158. The summed E-state index contributed by atoms with van der Waals surface area (Å²) in [4.78, 5) is 11.3. The first-order chi connectivity index (χ1) is 6.05. The molecule has 1 aliphatic rings. The summed E-state index contributed by atoms with van der Waals surface area (Å²) >= 11 is 0. The summed E-state index contributed by atoms with van der Waals surface area (Å²) in [7, 11) is 0. The molecule has 0 unspecified atom stereocenters. The van der Waals surface area contributed by atoms with Crippen LogP contribution in [0.4, 0.5) is 0 Å². The third kappa shape index (κ3) is 3.50. The maximum absolute atomic E-state index is 11.3. The molecule has 0 aromatic carbocycles. The summed E-state index contributed by atoms with van der Waals surface area (Å²) in [5.74, 6) is 2.67.